The van der Waals surface area contributed by atoms with Crippen molar-refractivity contribution < 1.29 is 9.90 Å². The second-order valence-corrected chi connectivity index (χ2v) is 3.57. The molecule has 0 radical (unpaired) electrons. The first-order valence-corrected chi connectivity index (χ1v) is 4.82. The molecule has 0 unspecified atom stereocenters. The number of hydrogen-bond acceptors (Lipinski definition) is 2. The van der Waals surface area contributed by atoms with E-state index in [2.05, 4.69) is 9.97 Å². The minimum absolute atomic E-state index is 0.165. The number of rotatable bonds is 3. The van der Waals surface area contributed by atoms with Crippen LogP contribution in [0.1, 0.15) is 17.8 Å². The third-order valence-electron chi connectivity index (χ3n) is 2.29. The highest BCUT2D eigenvalue weighted by molar-refractivity contribution is 5.76. The molecule has 1 aromatic carbocycles. The van der Waals surface area contributed by atoms with Crippen molar-refractivity contribution in [3.8, 4) is 0 Å². The largest absolute Gasteiger partial charge is 0.481 e. The number of carboxylic acid groups (broad SMARTS) is 1. The van der Waals surface area contributed by atoms with E-state index in [4.69, 9.17) is 5.11 Å². The molecule has 2 rings (SSSR count). The molecule has 0 bridgehead atoms. The fraction of sp³-hybridized carbons (Fsp3) is 0.273. The molecule has 15 heavy (non-hydrogen) atoms. The molecule has 0 saturated carbocycles. The topological polar surface area (TPSA) is 66.0 Å². The van der Waals surface area contributed by atoms with Crippen molar-refractivity contribution in [3.63, 3.8) is 0 Å². The summed E-state index contributed by atoms with van der Waals surface area (Å²) in [4.78, 5) is 17.8. The van der Waals surface area contributed by atoms with Gasteiger partial charge in [0.1, 0.15) is 5.82 Å². The quantitative estimate of drug-likeness (QED) is 0.802. The van der Waals surface area contributed by atoms with E-state index in [1.165, 1.54) is 0 Å². The number of aryl methyl sites for hydroxylation is 2. The van der Waals surface area contributed by atoms with Crippen LogP contribution in [0, 0.1) is 6.92 Å². The summed E-state index contributed by atoms with van der Waals surface area (Å²) in [6, 6.07) is 5.79. The van der Waals surface area contributed by atoms with E-state index >= 15 is 0 Å². The van der Waals surface area contributed by atoms with Gasteiger partial charge in [0.25, 0.3) is 0 Å². The Morgan fingerprint density at radius 1 is 1.53 bits per heavy atom. The van der Waals surface area contributed by atoms with Crippen molar-refractivity contribution >= 4 is 17.0 Å². The van der Waals surface area contributed by atoms with Crippen molar-refractivity contribution in [2.24, 2.45) is 0 Å². The fourth-order valence-electron chi connectivity index (χ4n) is 1.59. The number of benzene rings is 1. The van der Waals surface area contributed by atoms with Gasteiger partial charge in [0.2, 0.25) is 0 Å². The van der Waals surface area contributed by atoms with Crippen molar-refractivity contribution in [1.82, 2.24) is 9.97 Å². The highest BCUT2D eigenvalue weighted by Crippen LogP contribution is 2.14. The molecular formula is C11H12N2O2. The molecule has 78 valence electrons. The standard InChI is InChI=1S/C11H12N2O2/c1-7-12-9-4-2-8(3-5-11(14)15)6-10(9)13-7/h2,4,6H,3,5H2,1H3,(H,12,13)(H,14,15). The van der Waals surface area contributed by atoms with Gasteiger partial charge in [0, 0.05) is 6.42 Å². The van der Waals surface area contributed by atoms with Gasteiger partial charge in [-0.2, -0.15) is 0 Å². The maximum absolute atomic E-state index is 10.4. The lowest BCUT2D eigenvalue weighted by Crippen LogP contribution is -1.97. The van der Waals surface area contributed by atoms with Crippen LogP contribution in [0.4, 0.5) is 0 Å². The highest BCUT2D eigenvalue weighted by Gasteiger charge is 2.02. The zero-order valence-corrected chi connectivity index (χ0v) is 8.45. The van der Waals surface area contributed by atoms with E-state index in [1.807, 2.05) is 25.1 Å². The van der Waals surface area contributed by atoms with Crippen LogP contribution in [0.2, 0.25) is 0 Å². The van der Waals surface area contributed by atoms with Gasteiger partial charge in [0.05, 0.1) is 11.0 Å². The zero-order chi connectivity index (χ0) is 10.8. The Hall–Kier alpha value is -1.84. The molecule has 4 nitrogen and oxygen atoms in total. The lowest BCUT2D eigenvalue weighted by molar-refractivity contribution is -0.136. The molecular weight excluding hydrogens is 192 g/mol. The van der Waals surface area contributed by atoms with E-state index in [1.54, 1.807) is 0 Å². The number of fused-ring (bicyclic) bond motifs is 1. The van der Waals surface area contributed by atoms with E-state index in [9.17, 15) is 4.79 Å². The van der Waals surface area contributed by atoms with Gasteiger partial charge in [0.15, 0.2) is 0 Å². The number of aromatic nitrogens is 2. The molecule has 0 saturated heterocycles. The SMILES string of the molecule is Cc1nc2ccc(CCC(=O)O)cc2[nH]1. The Kier molecular flexibility index (Phi) is 2.41. The van der Waals surface area contributed by atoms with Crippen LogP contribution >= 0.6 is 0 Å². The first-order chi connectivity index (χ1) is 7.15. The Morgan fingerprint density at radius 2 is 2.33 bits per heavy atom. The number of carbonyl (C=O) groups is 1. The Bertz CT molecular complexity index is 502. The van der Waals surface area contributed by atoms with Gasteiger partial charge in [-0.3, -0.25) is 4.79 Å². The number of nitrogens with one attached hydrogen (secondary N) is 1. The normalized spacial score (nSPS) is 10.7. The molecule has 0 aliphatic carbocycles. The average molecular weight is 204 g/mol. The van der Waals surface area contributed by atoms with Crippen molar-refractivity contribution in [1.29, 1.82) is 0 Å². The maximum Gasteiger partial charge on any atom is 0.303 e. The van der Waals surface area contributed by atoms with Gasteiger partial charge < -0.3 is 10.1 Å². The molecule has 0 amide bonds. The molecule has 2 N–H and O–H groups in total. The number of carboxylic acids is 1. The fourth-order valence-corrected chi connectivity index (χ4v) is 1.59. The van der Waals surface area contributed by atoms with Crippen LogP contribution in [0.5, 0.6) is 0 Å². The third kappa shape index (κ3) is 2.15. The van der Waals surface area contributed by atoms with E-state index in [-0.39, 0.29) is 6.42 Å². The zero-order valence-electron chi connectivity index (χ0n) is 8.45. The minimum atomic E-state index is -0.768. The second kappa shape index (κ2) is 3.73. The van der Waals surface area contributed by atoms with Gasteiger partial charge >= 0.3 is 5.97 Å². The smallest absolute Gasteiger partial charge is 0.303 e. The van der Waals surface area contributed by atoms with Crippen LogP contribution in [-0.2, 0) is 11.2 Å². The summed E-state index contributed by atoms with van der Waals surface area (Å²) >= 11 is 0. The van der Waals surface area contributed by atoms with Crippen molar-refractivity contribution in [2.45, 2.75) is 19.8 Å². The van der Waals surface area contributed by atoms with E-state index in [0.29, 0.717) is 6.42 Å². The summed E-state index contributed by atoms with van der Waals surface area (Å²) in [5.41, 5.74) is 2.91. The lowest BCUT2D eigenvalue weighted by atomic mass is 10.1. The summed E-state index contributed by atoms with van der Waals surface area (Å²) in [6.45, 7) is 1.90. The first-order valence-electron chi connectivity index (χ1n) is 4.82. The number of H-pyrrole nitrogens is 1. The molecule has 2 aromatic rings. The summed E-state index contributed by atoms with van der Waals surface area (Å²) in [6.07, 6.45) is 0.724. The van der Waals surface area contributed by atoms with Crippen LogP contribution in [0.15, 0.2) is 18.2 Å². The summed E-state index contributed by atoms with van der Waals surface area (Å²) < 4.78 is 0. The Labute approximate surface area is 87.0 Å². The molecule has 0 atom stereocenters. The van der Waals surface area contributed by atoms with Crippen LogP contribution < -0.4 is 0 Å². The third-order valence-corrected chi connectivity index (χ3v) is 2.29. The first kappa shape index (κ1) is 9.71. The summed E-state index contributed by atoms with van der Waals surface area (Å²) in [7, 11) is 0. The number of hydrogen-bond donors (Lipinski definition) is 2. The molecule has 4 heteroatoms. The number of nitrogens with zero attached hydrogens (tertiary/aromatic N) is 1. The van der Waals surface area contributed by atoms with Gasteiger partial charge in [-0.05, 0) is 31.0 Å². The van der Waals surface area contributed by atoms with Gasteiger partial charge in [-0.1, -0.05) is 6.07 Å². The minimum Gasteiger partial charge on any atom is -0.481 e. The maximum atomic E-state index is 10.4. The lowest BCUT2D eigenvalue weighted by Gasteiger charge is -1.97. The number of imidazole rings is 1. The van der Waals surface area contributed by atoms with Crippen LogP contribution in [0.3, 0.4) is 0 Å². The Morgan fingerprint density at radius 3 is 3.07 bits per heavy atom. The van der Waals surface area contributed by atoms with E-state index in [0.717, 1.165) is 22.4 Å². The van der Waals surface area contributed by atoms with Gasteiger partial charge in [-0.15, -0.1) is 0 Å². The monoisotopic (exact) mass is 204 g/mol. The molecule has 0 spiro atoms. The predicted octanol–water partition coefficient (Wildman–Crippen LogP) is 1.89. The second-order valence-electron chi connectivity index (χ2n) is 3.57. The molecule has 1 heterocycles. The number of aliphatic carboxylic acids is 1. The van der Waals surface area contributed by atoms with Gasteiger partial charge in [-0.25, -0.2) is 4.98 Å². The molecule has 0 fully saturated rings. The molecule has 1 aromatic heterocycles. The van der Waals surface area contributed by atoms with E-state index < -0.39 is 5.97 Å². The number of aromatic amines is 1. The van der Waals surface area contributed by atoms with Crippen LogP contribution in [0.25, 0.3) is 11.0 Å². The molecule has 0 aliphatic rings. The molecule has 0 aliphatic heterocycles. The highest BCUT2D eigenvalue weighted by atomic mass is 16.4. The average Bonchev–Trinajstić information content (AvgIpc) is 2.53. The predicted molar refractivity (Wildman–Crippen MR) is 56.8 cm³/mol. The van der Waals surface area contributed by atoms with Crippen molar-refractivity contribution in [3.05, 3.63) is 29.6 Å². The van der Waals surface area contributed by atoms with Crippen LogP contribution in [-0.4, -0.2) is 21.0 Å². The van der Waals surface area contributed by atoms with Crippen molar-refractivity contribution in [2.75, 3.05) is 0 Å². The summed E-state index contributed by atoms with van der Waals surface area (Å²) in [5, 5.41) is 8.57. The summed E-state index contributed by atoms with van der Waals surface area (Å²) in [5.74, 6) is 0.108. The Balaban J connectivity index is 2.26.